The molecule has 27 heavy (non-hydrogen) atoms. The fourth-order valence-corrected chi connectivity index (χ4v) is 3.71. The largest absolute Gasteiger partial charge is 0.499 e. The highest BCUT2D eigenvalue weighted by molar-refractivity contribution is 6.30. The van der Waals surface area contributed by atoms with Gasteiger partial charge in [-0.3, -0.25) is 0 Å². The van der Waals surface area contributed by atoms with Gasteiger partial charge in [-0.25, -0.2) is 4.39 Å². The van der Waals surface area contributed by atoms with Crippen LogP contribution in [0, 0.1) is 23.6 Å². The second-order valence-corrected chi connectivity index (χ2v) is 7.49. The predicted molar refractivity (Wildman–Crippen MR) is 109 cm³/mol. The molecule has 0 radical (unpaired) electrons. The van der Waals surface area contributed by atoms with E-state index in [9.17, 15) is 4.39 Å². The van der Waals surface area contributed by atoms with Crippen LogP contribution in [-0.2, 0) is 11.2 Å². The summed E-state index contributed by atoms with van der Waals surface area (Å²) in [5.41, 5.74) is 2.57. The summed E-state index contributed by atoms with van der Waals surface area (Å²) in [5.74, 6) is 6.28. The van der Waals surface area contributed by atoms with Crippen molar-refractivity contribution in [3.8, 4) is 11.8 Å². The lowest BCUT2D eigenvalue weighted by Crippen LogP contribution is -2.20. The minimum absolute atomic E-state index is 0.361. The maximum Gasteiger partial charge on any atom is 0.140 e. The highest BCUT2D eigenvalue weighted by Gasteiger charge is 2.21. The fourth-order valence-electron chi connectivity index (χ4n) is 3.55. The van der Waals surface area contributed by atoms with Crippen molar-refractivity contribution in [3.63, 3.8) is 0 Å². The summed E-state index contributed by atoms with van der Waals surface area (Å²) in [6, 6.07) is 12.8. The molecule has 0 aliphatic heterocycles. The number of aryl methyl sites for hydroxylation is 1. The van der Waals surface area contributed by atoms with Crippen LogP contribution in [0.3, 0.4) is 0 Å². The Labute approximate surface area is 166 Å². The van der Waals surface area contributed by atoms with Crippen molar-refractivity contribution >= 4 is 11.6 Å². The van der Waals surface area contributed by atoms with Gasteiger partial charge in [-0.2, -0.15) is 0 Å². The van der Waals surface area contributed by atoms with Gasteiger partial charge in [0.25, 0.3) is 0 Å². The first-order chi connectivity index (χ1) is 13.1. The van der Waals surface area contributed by atoms with E-state index in [0.29, 0.717) is 16.7 Å². The van der Waals surface area contributed by atoms with Crippen molar-refractivity contribution in [2.75, 3.05) is 0 Å². The van der Waals surface area contributed by atoms with Crippen LogP contribution in [0.4, 0.5) is 4.39 Å². The molecule has 0 atom stereocenters. The summed E-state index contributed by atoms with van der Waals surface area (Å²) in [4.78, 5) is 0. The second-order valence-electron chi connectivity index (χ2n) is 7.06. The van der Waals surface area contributed by atoms with Crippen LogP contribution >= 0.6 is 11.6 Å². The zero-order chi connectivity index (χ0) is 19.1. The van der Waals surface area contributed by atoms with Gasteiger partial charge in [-0.1, -0.05) is 42.2 Å². The number of ether oxygens (including phenoxy) is 1. The van der Waals surface area contributed by atoms with E-state index in [1.165, 1.54) is 30.9 Å². The van der Waals surface area contributed by atoms with E-state index in [1.54, 1.807) is 18.4 Å². The molecule has 3 rings (SSSR count). The molecule has 0 amide bonds. The zero-order valence-electron chi connectivity index (χ0n) is 15.4. The van der Waals surface area contributed by atoms with Gasteiger partial charge in [0.05, 0.1) is 17.9 Å². The lowest BCUT2D eigenvalue weighted by Gasteiger charge is -2.27. The van der Waals surface area contributed by atoms with Gasteiger partial charge in [0.1, 0.15) is 5.82 Å². The fraction of sp³-hybridized carbons (Fsp3) is 0.333. The predicted octanol–water partition coefficient (Wildman–Crippen LogP) is 6.53. The Bertz CT molecular complexity index is 824. The third kappa shape index (κ3) is 5.88. The second kappa shape index (κ2) is 9.62. The Kier molecular flexibility index (Phi) is 6.96. The first kappa shape index (κ1) is 19.5. The quantitative estimate of drug-likeness (QED) is 0.422. The van der Waals surface area contributed by atoms with Crippen molar-refractivity contribution in [1.82, 2.24) is 0 Å². The molecular weight excluding hydrogens is 359 g/mol. The lowest BCUT2D eigenvalue weighted by molar-refractivity contribution is 0.0872. The number of hydrogen-bond acceptors (Lipinski definition) is 1. The number of rotatable bonds is 5. The Morgan fingerprint density at radius 2 is 1.81 bits per heavy atom. The van der Waals surface area contributed by atoms with Crippen LogP contribution in [0.1, 0.15) is 48.8 Å². The van der Waals surface area contributed by atoms with Crippen LogP contribution in [0.2, 0.25) is 5.02 Å². The number of benzene rings is 2. The van der Waals surface area contributed by atoms with E-state index in [2.05, 4.69) is 30.6 Å². The Morgan fingerprint density at radius 3 is 2.48 bits per heavy atom. The van der Waals surface area contributed by atoms with E-state index in [1.807, 2.05) is 12.1 Å². The molecule has 1 saturated carbocycles. The number of hydrogen-bond donors (Lipinski definition) is 0. The molecule has 1 fully saturated rings. The summed E-state index contributed by atoms with van der Waals surface area (Å²) in [6.07, 6.45) is 8.94. The molecule has 3 heteroatoms. The molecule has 1 aliphatic rings. The van der Waals surface area contributed by atoms with Crippen LogP contribution in [0.25, 0.3) is 0 Å². The first-order valence-corrected chi connectivity index (χ1v) is 9.84. The Balaban J connectivity index is 1.51. The van der Waals surface area contributed by atoms with Crippen molar-refractivity contribution in [2.45, 2.75) is 44.6 Å². The van der Waals surface area contributed by atoms with Crippen molar-refractivity contribution in [3.05, 3.63) is 82.8 Å². The van der Waals surface area contributed by atoms with Gasteiger partial charge in [-0.15, -0.1) is 0 Å². The molecular formula is C24H24ClFO. The summed E-state index contributed by atoms with van der Waals surface area (Å²) < 4.78 is 19.3. The van der Waals surface area contributed by atoms with Gasteiger partial charge in [0.2, 0.25) is 0 Å². The standard InChI is InChI=1S/C24H24ClFO/c1-2-27-23-15-10-20(11-16-23)8-5-18-3-6-19(7-4-18)9-12-21-13-14-22(25)17-24(21)26/h2-4,6-7,13-14,17,20,23H,1,5,8,10-11,15-16H2. The zero-order valence-corrected chi connectivity index (χ0v) is 16.1. The molecule has 1 aliphatic carbocycles. The molecule has 1 nitrogen and oxygen atoms in total. The van der Waals surface area contributed by atoms with Crippen molar-refractivity contribution < 1.29 is 9.13 Å². The van der Waals surface area contributed by atoms with E-state index < -0.39 is 0 Å². The number of halogens is 2. The van der Waals surface area contributed by atoms with Gasteiger partial charge < -0.3 is 4.74 Å². The summed E-state index contributed by atoms with van der Waals surface area (Å²) in [7, 11) is 0. The van der Waals surface area contributed by atoms with Crippen LogP contribution in [0.15, 0.2) is 55.3 Å². The van der Waals surface area contributed by atoms with E-state index >= 15 is 0 Å². The third-order valence-electron chi connectivity index (χ3n) is 5.15. The highest BCUT2D eigenvalue weighted by Crippen LogP contribution is 2.29. The van der Waals surface area contributed by atoms with Crippen molar-refractivity contribution in [2.24, 2.45) is 5.92 Å². The van der Waals surface area contributed by atoms with E-state index in [4.69, 9.17) is 16.3 Å². The molecule has 0 bridgehead atoms. The summed E-state index contributed by atoms with van der Waals surface area (Å²) >= 11 is 5.76. The third-order valence-corrected chi connectivity index (χ3v) is 5.39. The minimum Gasteiger partial charge on any atom is -0.499 e. The molecule has 0 N–H and O–H groups in total. The maximum atomic E-state index is 13.8. The molecule has 140 valence electrons. The summed E-state index contributed by atoms with van der Waals surface area (Å²) in [6.45, 7) is 3.64. The van der Waals surface area contributed by atoms with Crippen molar-refractivity contribution in [1.29, 1.82) is 0 Å². The monoisotopic (exact) mass is 382 g/mol. The molecule has 0 saturated heterocycles. The van der Waals surface area contributed by atoms with Gasteiger partial charge in [-0.05, 0) is 80.3 Å². The lowest BCUT2D eigenvalue weighted by atomic mass is 9.84. The Morgan fingerprint density at radius 1 is 1.07 bits per heavy atom. The maximum absolute atomic E-state index is 13.8. The van der Waals surface area contributed by atoms with Crippen LogP contribution < -0.4 is 0 Å². The van der Waals surface area contributed by atoms with E-state index in [-0.39, 0.29) is 5.82 Å². The Hall–Kier alpha value is -2.24. The average Bonchev–Trinajstić information content (AvgIpc) is 2.68. The smallest absolute Gasteiger partial charge is 0.140 e. The highest BCUT2D eigenvalue weighted by atomic mass is 35.5. The molecule has 2 aromatic carbocycles. The minimum atomic E-state index is -0.389. The van der Waals surface area contributed by atoms with Crippen LogP contribution in [0.5, 0.6) is 0 Å². The topological polar surface area (TPSA) is 9.23 Å². The molecule has 2 aromatic rings. The van der Waals surface area contributed by atoms with E-state index in [0.717, 1.165) is 30.7 Å². The molecule has 0 spiro atoms. The SMILES string of the molecule is C=COC1CCC(CCc2ccc(C#Cc3ccc(Cl)cc3F)cc2)CC1. The van der Waals surface area contributed by atoms with Crippen LogP contribution in [-0.4, -0.2) is 6.10 Å². The average molecular weight is 383 g/mol. The first-order valence-electron chi connectivity index (χ1n) is 9.46. The normalized spacial score (nSPS) is 19.0. The molecule has 0 aromatic heterocycles. The van der Waals surface area contributed by atoms with Gasteiger partial charge in [0, 0.05) is 10.6 Å². The molecule has 0 heterocycles. The molecule has 0 unspecified atom stereocenters. The van der Waals surface area contributed by atoms with Gasteiger partial charge >= 0.3 is 0 Å². The van der Waals surface area contributed by atoms with Gasteiger partial charge in [0.15, 0.2) is 0 Å². The summed E-state index contributed by atoms with van der Waals surface area (Å²) in [5, 5.41) is 0.379.